The quantitative estimate of drug-likeness (QED) is 0.384. The molecule has 0 aromatic carbocycles. The molecule has 0 aromatic rings. The minimum Gasteiger partial charge on any atom is -0.312 e. The van der Waals surface area contributed by atoms with E-state index in [-0.39, 0.29) is 5.41 Å². The van der Waals surface area contributed by atoms with Crippen molar-refractivity contribution in [3.8, 4) is 6.07 Å². The molecule has 0 radical (unpaired) electrons. The van der Waals surface area contributed by atoms with Crippen molar-refractivity contribution in [1.29, 1.82) is 5.26 Å². The molecule has 8 atom stereocenters. The highest BCUT2D eigenvalue weighted by molar-refractivity contribution is 5.08. The molecule has 208 valence electrons. The van der Waals surface area contributed by atoms with Crippen LogP contribution in [0.3, 0.4) is 0 Å². The molecule has 0 amide bonds. The van der Waals surface area contributed by atoms with Gasteiger partial charge in [0, 0.05) is 36.8 Å². The minimum atomic E-state index is -0.172. The predicted molar refractivity (Wildman–Crippen MR) is 151 cm³/mol. The van der Waals surface area contributed by atoms with Crippen LogP contribution in [0.2, 0.25) is 0 Å². The third-order valence-corrected chi connectivity index (χ3v) is 12.4. The molecule has 5 nitrogen and oxygen atoms in total. The Morgan fingerprint density at radius 3 is 2.22 bits per heavy atom. The van der Waals surface area contributed by atoms with Crippen LogP contribution in [0.25, 0.3) is 0 Å². The van der Waals surface area contributed by atoms with Crippen molar-refractivity contribution in [3.63, 3.8) is 0 Å². The van der Waals surface area contributed by atoms with Gasteiger partial charge in [0.2, 0.25) is 0 Å². The fourth-order valence-corrected chi connectivity index (χ4v) is 10.2. The zero-order chi connectivity index (χ0) is 25.4. The molecule has 0 spiro atoms. The maximum Gasteiger partial charge on any atom is 0.0686 e. The van der Waals surface area contributed by atoms with Gasteiger partial charge in [0.25, 0.3) is 0 Å². The van der Waals surface area contributed by atoms with Gasteiger partial charge in [-0.05, 0) is 120 Å². The number of hydrazine groups is 1. The average molecular weight is 510 g/mol. The van der Waals surface area contributed by atoms with E-state index < -0.39 is 0 Å². The predicted octanol–water partition coefficient (Wildman–Crippen LogP) is 5.67. The van der Waals surface area contributed by atoms with Crippen LogP contribution in [0.5, 0.6) is 0 Å². The second-order valence-corrected chi connectivity index (χ2v) is 14.8. The molecule has 2 saturated heterocycles. The van der Waals surface area contributed by atoms with Gasteiger partial charge in [-0.15, -0.1) is 0 Å². The van der Waals surface area contributed by atoms with Crippen molar-refractivity contribution in [1.82, 2.24) is 21.5 Å². The molecular weight excluding hydrogens is 454 g/mol. The molecule has 2 aliphatic heterocycles. The Bertz CT molecular complexity index is 791. The van der Waals surface area contributed by atoms with Crippen molar-refractivity contribution in [3.05, 3.63) is 0 Å². The first-order chi connectivity index (χ1) is 18.0. The first-order valence-corrected chi connectivity index (χ1v) is 16.4. The maximum atomic E-state index is 9.65. The number of nitriles is 1. The molecule has 0 aromatic heterocycles. The molecule has 4 aliphatic carbocycles. The molecule has 37 heavy (non-hydrogen) atoms. The van der Waals surface area contributed by atoms with Crippen molar-refractivity contribution in [2.45, 2.75) is 147 Å². The van der Waals surface area contributed by atoms with E-state index in [1.165, 1.54) is 103 Å². The lowest BCUT2D eigenvalue weighted by Gasteiger charge is -2.50. The van der Waals surface area contributed by atoms with Gasteiger partial charge in [-0.2, -0.15) is 5.26 Å². The van der Waals surface area contributed by atoms with Crippen LogP contribution in [-0.2, 0) is 0 Å². The van der Waals surface area contributed by atoms with Crippen molar-refractivity contribution >= 4 is 0 Å². The molecule has 0 bridgehead atoms. The third-order valence-electron chi connectivity index (χ3n) is 12.4. The number of nitrogens with zero attached hydrogens (tertiary/aromatic N) is 1. The Morgan fingerprint density at radius 1 is 0.703 bits per heavy atom. The summed E-state index contributed by atoms with van der Waals surface area (Å²) in [4.78, 5) is 0. The maximum absolute atomic E-state index is 9.65. The van der Waals surface area contributed by atoms with Gasteiger partial charge in [-0.1, -0.05) is 32.1 Å². The van der Waals surface area contributed by atoms with E-state index in [0.29, 0.717) is 18.0 Å². The summed E-state index contributed by atoms with van der Waals surface area (Å²) < 4.78 is 0. The Kier molecular flexibility index (Phi) is 8.21. The lowest BCUT2D eigenvalue weighted by Crippen LogP contribution is -2.58. The fourth-order valence-electron chi connectivity index (χ4n) is 10.2. The highest BCUT2D eigenvalue weighted by Crippen LogP contribution is 2.49. The van der Waals surface area contributed by atoms with Crippen LogP contribution in [0.15, 0.2) is 0 Å². The summed E-state index contributed by atoms with van der Waals surface area (Å²) in [6, 6.07) is 6.13. The topological polar surface area (TPSA) is 71.9 Å². The molecular formula is C32H55N5. The van der Waals surface area contributed by atoms with Crippen LogP contribution >= 0.6 is 0 Å². The molecule has 4 N–H and O–H groups in total. The Balaban J connectivity index is 1.08. The van der Waals surface area contributed by atoms with E-state index in [2.05, 4.69) is 41.4 Å². The smallest absolute Gasteiger partial charge is 0.0686 e. The Morgan fingerprint density at radius 2 is 1.43 bits per heavy atom. The second-order valence-electron chi connectivity index (χ2n) is 14.8. The summed E-state index contributed by atoms with van der Waals surface area (Å²) in [5.74, 6) is 4.82. The monoisotopic (exact) mass is 509 g/mol. The molecule has 8 unspecified atom stereocenters. The normalized spacial score (nSPS) is 45.5. The summed E-state index contributed by atoms with van der Waals surface area (Å²) in [5, 5.41) is 17.8. The molecule has 4 saturated carbocycles. The van der Waals surface area contributed by atoms with E-state index in [1.807, 2.05) is 0 Å². The zero-order valence-electron chi connectivity index (χ0n) is 23.8. The number of hydrogen-bond acceptors (Lipinski definition) is 5. The number of piperidine rings is 1. The van der Waals surface area contributed by atoms with E-state index in [1.54, 1.807) is 0 Å². The second kappa shape index (κ2) is 11.4. The molecule has 2 heterocycles. The van der Waals surface area contributed by atoms with Gasteiger partial charge >= 0.3 is 0 Å². The standard InChI is InChI=1S/C32H55N5/c1-32(2,20-33)24-14-11-21(12-15-24)31-30-27-18-23(13-16-28(27)34-19-29(30)36-37-31)22-7-6-10-26(17-22)35-25-8-4-3-5-9-25/h21-31,34-37H,3-19H2,1-2H3. The van der Waals surface area contributed by atoms with Gasteiger partial charge in [0.15, 0.2) is 0 Å². The van der Waals surface area contributed by atoms with Crippen molar-refractivity contribution in [2.24, 2.45) is 40.9 Å². The zero-order valence-corrected chi connectivity index (χ0v) is 23.8. The van der Waals surface area contributed by atoms with Crippen LogP contribution in [-0.4, -0.2) is 36.8 Å². The highest BCUT2D eigenvalue weighted by atomic mass is 15.4. The van der Waals surface area contributed by atoms with Crippen molar-refractivity contribution < 1.29 is 0 Å². The molecule has 5 heteroatoms. The summed E-state index contributed by atoms with van der Waals surface area (Å²) in [7, 11) is 0. The number of rotatable bonds is 5. The van der Waals surface area contributed by atoms with Gasteiger partial charge in [0.1, 0.15) is 0 Å². The minimum absolute atomic E-state index is 0.172. The van der Waals surface area contributed by atoms with Crippen LogP contribution in [0, 0.1) is 52.3 Å². The summed E-state index contributed by atoms with van der Waals surface area (Å²) in [6.07, 6.45) is 22.3. The van der Waals surface area contributed by atoms with Crippen molar-refractivity contribution in [2.75, 3.05) is 6.54 Å². The van der Waals surface area contributed by atoms with Gasteiger partial charge in [0.05, 0.1) is 11.5 Å². The molecule has 6 aliphatic rings. The number of nitrogens with one attached hydrogen (secondary N) is 4. The van der Waals surface area contributed by atoms with E-state index in [9.17, 15) is 5.26 Å². The van der Waals surface area contributed by atoms with Gasteiger partial charge in [-0.25, -0.2) is 0 Å². The summed E-state index contributed by atoms with van der Waals surface area (Å²) in [5.41, 5.74) is 7.44. The van der Waals surface area contributed by atoms with Gasteiger partial charge < -0.3 is 10.6 Å². The average Bonchev–Trinajstić information content (AvgIpc) is 3.38. The third kappa shape index (κ3) is 5.65. The largest absolute Gasteiger partial charge is 0.312 e. The number of fused-ring (bicyclic) bond motifs is 3. The first kappa shape index (κ1) is 26.5. The Labute approximate surface area is 227 Å². The number of hydrogen-bond donors (Lipinski definition) is 4. The van der Waals surface area contributed by atoms with E-state index in [0.717, 1.165) is 54.3 Å². The molecule has 6 fully saturated rings. The lowest BCUT2D eigenvalue weighted by molar-refractivity contribution is 0.0411. The highest BCUT2D eigenvalue weighted by Gasteiger charge is 2.52. The SMILES string of the molecule is CC(C)(C#N)C1CCC(C2NNC3CNC4CCC(C5CCCC(NC6CCCCC6)C5)CC4C32)CC1. The lowest BCUT2D eigenvalue weighted by atomic mass is 9.59. The van der Waals surface area contributed by atoms with Crippen LogP contribution in [0.4, 0.5) is 0 Å². The van der Waals surface area contributed by atoms with Gasteiger partial charge in [-0.3, -0.25) is 10.9 Å². The van der Waals surface area contributed by atoms with E-state index >= 15 is 0 Å². The van der Waals surface area contributed by atoms with Crippen LogP contribution < -0.4 is 21.5 Å². The Hall–Kier alpha value is -0.670. The summed E-state index contributed by atoms with van der Waals surface area (Å²) in [6.45, 7) is 5.44. The molecule has 6 rings (SSSR count). The van der Waals surface area contributed by atoms with Crippen LogP contribution in [0.1, 0.15) is 117 Å². The first-order valence-electron chi connectivity index (χ1n) is 16.4. The van der Waals surface area contributed by atoms with E-state index in [4.69, 9.17) is 0 Å². The fraction of sp³-hybridized carbons (Fsp3) is 0.969. The summed E-state index contributed by atoms with van der Waals surface area (Å²) >= 11 is 0.